The molecule has 0 fully saturated rings. The first-order valence-electron chi connectivity index (χ1n) is 6.41. The molecule has 0 amide bonds. The molecule has 5 nitrogen and oxygen atoms in total. The summed E-state index contributed by atoms with van der Waals surface area (Å²) in [6.07, 6.45) is 0. The number of phenolic OH excluding ortho intramolecular Hbond substituents is 1. The summed E-state index contributed by atoms with van der Waals surface area (Å²) in [6.45, 7) is 3.44. The number of hydrogen-bond donors (Lipinski definition) is 2. The number of halogens is 1. The van der Waals surface area contributed by atoms with Gasteiger partial charge in [0.15, 0.2) is 0 Å². The average molecular weight is 339 g/mol. The topological polar surface area (TPSA) is 78.8 Å². The molecule has 116 valence electrons. The van der Waals surface area contributed by atoms with E-state index in [-0.39, 0.29) is 10.6 Å². The van der Waals surface area contributed by atoms with Crippen molar-refractivity contribution in [3.63, 3.8) is 0 Å². The monoisotopic (exact) mass is 338 g/mol. The van der Waals surface area contributed by atoms with Crippen LogP contribution in [0.2, 0.25) is 5.02 Å². The van der Waals surface area contributed by atoms with Gasteiger partial charge in [0.25, 0.3) is 10.0 Å². The second-order valence-electron chi connectivity index (χ2n) is 4.77. The number of nitrogens with zero attached hydrogens (tertiary/aromatic N) is 1. The molecule has 22 heavy (non-hydrogen) atoms. The van der Waals surface area contributed by atoms with Gasteiger partial charge in [-0.2, -0.15) is 18.4 Å². The van der Waals surface area contributed by atoms with Gasteiger partial charge in [0.1, 0.15) is 5.75 Å². The van der Waals surface area contributed by atoms with E-state index in [1.54, 1.807) is 19.1 Å². The second-order valence-corrected chi connectivity index (χ2v) is 6.86. The lowest BCUT2D eigenvalue weighted by Gasteiger charge is -2.07. The molecule has 0 aliphatic heterocycles. The molecule has 0 saturated heterocycles. The van der Waals surface area contributed by atoms with Crippen LogP contribution in [0.1, 0.15) is 18.1 Å². The quantitative estimate of drug-likeness (QED) is 0.664. The van der Waals surface area contributed by atoms with Gasteiger partial charge >= 0.3 is 0 Å². The maximum Gasteiger partial charge on any atom is 0.276 e. The highest BCUT2D eigenvalue weighted by Crippen LogP contribution is 2.22. The minimum Gasteiger partial charge on any atom is -0.507 e. The molecular formula is C15H15ClN2O3S. The fourth-order valence-corrected chi connectivity index (χ4v) is 2.79. The largest absolute Gasteiger partial charge is 0.507 e. The van der Waals surface area contributed by atoms with E-state index in [0.29, 0.717) is 16.3 Å². The summed E-state index contributed by atoms with van der Waals surface area (Å²) < 4.78 is 24.2. The predicted molar refractivity (Wildman–Crippen MR) is 86.8 cm³/mol. The van der Waals surface area contributed by atoms with Crippen molar-refractivity contribution < 1.29 is 13.5 Å². The first kappa shape index (κ1) is 16.3. The van der Waals surface area contributed by atoms with Gasteiger partial charge in [0, 0.05) is 10.6 Å². The molecular weight excluding hydrogens is 324 g/mol. The summed E-state index contributed by atoms with van der Waals surface area (Å²) in [6, 6.07) is 10.9. The Kier molecular flexibility index (Phi) is 4.73. The van der Waals surface area contributed by atoms with E-state index in [2.05, 4.69) is 9.93 Å². The zero-order valence-corrected chi connectivity index (χ0v) is 13.6. The minimum atomic E-state index is -3.76. The minimum absolute atomic E-state index is 0.0276. The van der Waals surface area contributed by atoms with Crippen LogP contribution in [-0.2, 0) is 10.0 Å². The Labute approximate surface area is 134 Å². The lowest BCUT2D eigenvalue weighted by atomic mass is 10.1. The van der Waals surface area contributed by atoms with E-state index in [0.717, 1.165) is 5.56 Å². The Balaban J connectivity index is 2.26. The zero-order valence-electron chi connectivity index (χ0n) is 12.0. The van der Waals surface area contributed by atoms with Gasteiger partial charge in [-0.25, -0.2) is 0 Å². The SMILES string of the molecule is C/C(=N\NS(=O)(=O)c1ccc(C)cc1)c1cc(Cl)ccc1O. The van der Waals surface area contributed by atoms with Gasteiger partial charge in [0.05, 0.1) is 10.6 Å². The summed E-state index contributed by atoms with van der Waals surface area (Å²) in [5.74, 6) is -0.0276. The molecule has 0 saturated carbocycles. The normalized spacial score (nSPS) is 12.2. The van der Waals surface area contributed by atoms with Gasteiger partial charge in [0.2, 0.25) is 0 Å². The number of phenols is 1. The number of aromatic hydroxyl groups is 1. The van der Waals surface area contributed by atoms with Crippen molar-refractivity contribution in [1.82, 2.24) is 4.83 Å². The highest BCUT2D eigenvalue weighted by atomic mass is 35.5. The van der Waals surface area contributed by atoms with E-state index in [1.165, 1.54) is 30.3 Å². The standard InChI is InChI=1S/C15H15ClN2O3S/c1-10-3-6-13(7-4-10)22(20,21)18-17-11(2)14-9-12(16)5-8-15(14)19/h3-9,18-19H,1-2H3/b17-11+. The van der Waals surface area contributed by atoms with Crippen molar-refractivity contribution in [2.45, 2.75) is 18.7 Å². The summed E-state index contributed by atoms with van der Waals surface area (Å²) in [5.41, 5.74) is 1.62. The number of aryl methyl sites for hydroxylation is 1. The smallest absolute Gasteiger partial charge is 0.276 e. The van der Waals surface area contributed by atoms with Crippen molar-refractivity contribution in [3.8, 4) is 5.75 Å². The van der Waals surface area contributed by atoms with E-state index < -0.39 is 10.0 Å². The Morgan fingerprint density at radius 1 is 1.18 bits per heavy atom. The lowest BCUT2D eigenvalue weighted by molar-refractivity contribution is 0.474. The maximum absolute atomic E-state index is 12.1. The first-order chi connectivity index (χ1) is 10.3. The molecule has 0 aliphatic rings. The molecule has 2 N–H and O–H groups in total. The molecule has 0 radical (unpaired) electrons. The van der Waals surface area contributed by atoms with Crippen LogP contribution in [0.4, 0.5) is 0 Å². The number of hydrazone groups is 1. The summed E-state index contributed by atoms with van der Waals surface area (Å²) in [4.78, 5) is 2.26. The third kappa shape index (κ3) is 3.78. The molecule has 0 aromatic heterocycles. The Morgan fingerprint density at radius 2 is 1.82 bits per heavy atom. The molecule has 2 aromatic carbocycles. The molecule has 7 heteroatoms. The van der Waals surface area contributed by atoms with Crippen LogP contribution < -0.4 is 4.83 Å². The van der Waals surface area contributed by atoms with E-state index in [9.17, 15) is 13.5 Å². The predicted octanol–water partition coefficient (Wildman–Crippen LogP) is 3.06. The molecule has 2 rings (SSSR count). The third-order valence-electron chi connectivity index (χ3n) is 3.01. The fourth-order valence-electron chi connectivity index (χ4n) is 1.76. The van der Waals surface area contributed by atoms with Gasteiger partial charge in [-0.1, -0.05) is 29.3 Å². The molecule has 0 spiro atoms. The van der Waals surface area contributed by atoms with Crippen molar-refractivity contribution in [2.75, 3.05) is 0 Å². The van der Waals surface area contributed by atoms with Crippen molar-refractivity contribution in [1.29, 1.82) is 0 Å². The first-order valence-corrected chi connectivity index (χ1v) is 8.27. The average Bonchev–Trinajstić information content (AvgIpc) is 2.48. The van der Waals surface area contributed by atoms with Gasteiger partial charge in [-0.3, -0.25) is 0 Å². The second kappa shape index (κ2) is 6.37. The molecule has 0 heterocycles. The lowest BCUT2D eigenvalue weighted by Crippen LogP contribution is -2.20. The van der Waals surface area contributed by atoms with E-state index in [1.807, 2.05) is 6.92 Å². The van der Waals surface area contributed by atoms with Crippen LogP contribution in [-0.4, -0.2) is 19.2 Å². The van der Waals surface area contributed by atoms with Gasteiger partial charge in [-0.15, -0.1) is 0 Å². The summed E-state index contributed by atoms with van der Waals surface area (Å²) in [5, 5.41) is 14.0. The van der Waals surface area contributed by atoms with E-state index in [4.69, 9.17) is 11.6 Å². The van der Waals surface area contributed by atoms with Crippen molar-refractivity contribution in [2.24, 2.45) is 5.10 Å². The van der Waals surface area contributed by atoms with E-state index >= 15 is 0 Å². The molecule has 2 aromatic rings. The fraction of sp³-hybridized carbons (Fsp3) is 0.133. The van der Waals surface area contributed by atoms with Crippen LogP contribution in [0.5, 0.6) is 5.75 Å². The molecule has 0 bridgehead atoms. The highest BCUT2D eigenvalue weighted by molar-refractivity contribution is 7.89. The number of benzene rings is 2. The number of rotatable bonds is 4. The summed E-state index contributed by atoms with van der Waals surface area (Å²) in [7, 11) is -3.76. The van der Waals surface area contributed by atoms with Crippen LogP contribution in [0, 0.1) is 6.92 Å². The van der Waals surface area contributed by atoms with Crippen LogP contribution in [0.25, 0.3) is 0 Å². The molecule has 0 unspecified atom stereocenters. The maximum atomic E-state index is 12.1. The van der Waals surface area contributed by atoms with Gasteiger partial charge < -0.3 is 5.11 Å². The van der Waals surface area contributed by atoms with Crippen LogP contribution in [0.15, 0.2) is 52.5 Å². The third-order valence-corrected chi connectivity index (χ3v) is 4.47. The molecule has 0 atom stereocenters. The Hall–Kier alpha value is -2.05. The highest BCUT2D eigenvalue weighted by Gasteiger charge is 2.13. The summed E-state index contributed by atoms with van der Waals surface area (Å²) >= 11 is 5.86. The number of sulfonamides is 1. The van der Waals surface area contributed by atoms with Crippen LogP contribution in [0.3, 0.4) is 0 Å². The molecule has 0 aliphatic carbocycles. The van der Waals surface area contributed by atoms with Gasteiger partial charge in [-0.05, 0) is 44.2 Å². The Morgan fingerprint density at radius 3 is 2.45 bits per heavy atom. The number of nitrogens with one attached hydrogen (secondary N) is 1. The van der Waals surface area contributed by atoms with Crippen molar-refractivity contribution in [3.05, 3.63) is 58.6 Å². The Bertz CT molecular complexity index is 815. The number of hydrogen-bond acceptors (Lipinski definition) is 4. The zero-order chi connectivity index (χ0) is 16.3. The van der Waals surface area contributed by atoms with Crippen molar-refractivity contribution >= 4 is 27.3 Å². The van der Waals surface area contributed by atoms with Crippen LogP contribution >= 0.6 is 11.6 Å².